The molecule has 534 valence electrons. The molecule has 7 heterocycles. The number of esters is 2. The van der Waals surface area contributed by atoms with Crippen molar-refractivity contribution in [2.24, 2.45) is 0 Å². The van der Waals surface area contributed by atoms with Crippen molar-refractivity contribution in [2.45, 2.75) is 146 Å². The summed E-state index contributed by atoms with van der Waals surface area (Å²) in [6.07, 6.45) is 4.90. The molecule has 0 bridgehead atoms. The lowest BCUT2D eigenvalue weighted by molar-refractivity contribution is -0.172. The number of Topliss-reactive ketones (excluding diaryl/α,β-unsaturated/α-hetero) is 1. The summed E-state index contributed by atoms with van der Waals surface area (Å²) in [6, 6.07) is 31.9. The molecule has 2 amide bonds. The van der Waals surface area contributed by atoms with Crippen molar-refractivity contribution < 1.29 is 78.9 Å². The van der Waals surface area contributed by atoms with Crippen LogP contribution in [0.3, 0.4) is 0 Å². The molecule has 6 aromatic carbocycles. The van der Waals surface area contributed by atoms with Gasteiger partial charge in [-0.15, -0.1) is 16.7 Å². The quantitative estimate of drug-likeness (QED) is 0.0177. The normalized spacial score (nSPS) is 22.5. The third kappa shape index (κ3) is 12.5. The summed E-state index contributed by atoms with van der Waals surface area (Å²) in [6.45, 7) is 12.7. The number of hydrogen-bond acceptors (Lipinski definition) is 15. The number of carbonyl (C=O) groups is 6. The van der Waals surface area contributed by atoms with Gasteiger partial charge in [-0.3, -0.25) is 14.4 Å². The molecule has 16 nitrogen and oxygen atoms in total. The van der Waals surface area contributed by atoms with E-state index in [2.05, 4.69) is 13.8 Å². The summed E-state index contributed by atoms with van der Waals surface area (Å²) < 4.78 is 109. The minimum Gasteiger partial charge on any atom is -0.441 e. The van der Waals surface area contributed by atoms with Gasteiger partial charge in [0.25, 0.3) is 23.7 Å². The molecular weight excluding hydrogens is 1330 g/mol. The van der Waals surface area contributed by atoms with Crippen LogP contribution in [-0.2, 0) is 55.4 Å². The van der Waals surface area contributed by atoms with E-state index in [0.717, 1.165) is 70.4 Å². The Balaban J connectivity index is 0.000000180. The second kappa shape index (κ2) is 25.8. The van der Waals surface area contributed by atoms with E-state index >= 15 is 0 Å². The Morgan fingerprint density at radius 2 is 0.802 bits per heavy atom. The summed E-state index contributed by atoms with van der Waals surface area (Å²) in [5.41, 5.74) is 3.89. The van der Waals surface area contributed by atoms with Gasteiger partial charge in [-0.2, -0.15) is 0 Å². The number of fused-ring (bicyclic) bond motifs is 12. The van der Waals surface area contributed by atoms with E-state index < -0.39 is 88.0 Å². The number of ketones is 1. The molecule has 5 fully saturated rings. The van der Waals surface area contributed by atoms with Crippen molar-refractivity contribution in [3.8, 4) is 0 Å². The zero-order valence-electron chi connectivity index (χ0n) is 56.6. The fourth-order valence-corrected chi connectivity index (χ4v) is 16.1. The summed E-state index contributed by atoms with van der Waals surface area (Å²) in [7, 11) is 0. The van der Waals surface area contributed by atoms with Gasteiger partial charge in [0.15, 0.2) is 17.0 Å². The average molecular weight is 1410 g/mol. The number of hydroxylamine groups is 2. The Morgan fingerprint density at radius 1 is 0.436 bits per heavy atom. The number of benzene rings is 6. The Bertz CT molecular complexity index is 4180. The Kier molecular flexibility index (Phi) is 18.1. The first-order chi connectivity index (χ1) is 47.3. The minimum atomic E-state index is -2.79. The fraction of sp³-hybridized carbons (Fsp3) is 0.462. The van der Waals surface area contributed by atoms with Gasteiger partial charge in [-0.25, -0.2) is 40.7 Å². The number of nitrogens with zero attached hydrogens (tertiary/aromatic N) is 5. The molecule has 0 saturated carbocycles. The topological polar surface area (TPSA) is 165 Å². The Hall–Kier alpha value is -8.47. The highest BCUT2D eigenvalue weighted by atomic mass is 35.5. The van der Waals surface area contributed by atoms with Crippen molar-refractivity contribution in [2.75, 3.05) is 104 Å². The zero-order chi connectivity index (χ0) is 70.9. The Labute approximate surface area is 588 Å². The van der Waals surface area contributed by atoms with Crippen LogP contribution in [0.2, 0.25) is 0 Å². The summed E-state index contributed by atoms with van der Waals surface area (Å²) >= 11 is 5.71. The number of alkyl halides is 7. The van der Waals surface area contributed by atoms with Gasteiger partial charge in [0.1, 0.15) is 11.3 Å². The van der Waals surface area contributed by atoms with Gasteiger partial charge < -0.3 is 43.4 Å². The predicted octanol–water partition coefficient (Wildman–Crippen LogP) is 14.2. The first-order valence-electron chi connectivity index (χ1n) is 34.2. The maximum Gasteiger partial charge on any atom is 0.363 e. The number of carbonyl (C=O) groups excluding carboxylic acids is 6. The van der Waals surface area contributed by atoms with Crippen LogP contribution in [0.15, 0.2) is 109 Å². The second-order valence-electron chi connectivity index (χ2n) is 29.6. The average Bonchev–Trinajstić information content (AvgIpc) is 1.65. The summed E-state index contributed by atoms with van der Waals surface area (Å²) in [5.74, 6) is -8.27. The molecule has 101 heavy (non-hydrogen) atoms. The lowest BCUT2D eigenvalue weighted by Crippen LogP contribution is -2.57. The van der Waals surface area contributed by atoms with E-state index in [1.807, 2.05) is 84.3 Å². The van der Waals surface area contributed by atoms with Crippen molar-refractivity contribution in [1.82, 2.24) is 5.06 Å². The van der Waals surface area contributed by atoms with Gasteiger partial charge in [-0.05, 0) is 134 Å². The molecule has 15 rings (SSSR count). The van der Waals surface area contributed by atoms with E-state index in [1.165, 1.54) is 18.2 Å². The third-order valence-corrected chi connectivity index (χ3v) is 21.4. The molecule has 9 aliphatic rings. The molecule has 0 N–H and O–H groups in total. The number of imide groups is 1. The van der Waals surface area contributed by atoms with Crippen LogP contribution in [0, 0.1) is 0 Å². The van der Waals surface area contributed by atoms with Gasteiger partial charge in [0, 0.05) is 111 Å². The number of hydrogen-bond donors (Lipinski definition) is 0. The number of ether oxygens (including phenoxy) is 4. The van der Waals surface area contributed by atoms with Gasteiger partial charge in [-0.1, -0.05) is 78.3 Å². The van der Waals surface area contributed by atoms with Crippen molar-refractivity contribution >= 4 is 69.9 Å². The van der Waals surface area contributed by atoms with Crippen LogP contribution in [0.25, 0.3) is 0 Å². The molecule has 5 saturated heterocycles. The maximum atomic E-state index is 14.6. The third-order valence-electron chi connectivity index (χ3n) is 21.2. The number of halogens is 7. The van der Waals surface area contributed by atoms with Crippen LogP contribution in [0.1, 0.15) is 197 Å². The molecule has 6 aromatic rings. The molecule has 0 aromatic heterocycles. The Morgan fingerprint density at radius 3 is 1.19 bits per heavy atom. The minimum absolute atomic E-state index is 0. The molecule has 23 heteroatoms. The predicted molar refractivity (Wildman–Crippen MR) is 369 cm³/mol. The first-order valence-corrected chi connectivity index (χ1v) is 34.7. The standard InChI is InChI=1S/C42H48ClF3N2O5.C35H30F3N3O6.CH4/c1-39(2)35-22-29(47-24-40(3,44)25-47)11-14-32(35)42(33-15-12-30(23-36(33)39)48-26-41(45,46)27-48)34-21-28(10-13-31(34)38(50)53-42)37(49)9-8-18-52-20-19-51-17-7-5-4-6-16-43;1-32(2)26-13-20(39-15-33(3,36)16-39)5-8-23(26)35(24-9-6-21(14-27(24)32)40-17-34(37,38)18-40)25-12-19(4-7-22(25)31(45)46-35)30(44)47-41-28(42)10-11-29(41)43;/h10-15,21-23H,4-9,16-20,24-27H2,1-3H3;4-9,12-14H,10-11,15-18H2,1-3H3;1H4. The number of rotatable bonds is 20. The number of amides is 2. The monoisotopic (exact) mass is 1410 g/mol. The highest BCUT2D eigenvalue weighted by Gasteiger charge is 2.59. The van der Waals surface area contributed by atoms with Crippen LogP contribution in [-0.4, -0.2) is 148 Å². The zero-order valence-corrected chi connectivity index (χ0v) is 57.4. The number of unbranched alkanes of at least 4 members (excludes halogenated alkanes) is 3. The first kappa shape index (κ1) is 70.9. The second-order valence-corrected chi connectivity index (χ2v) is 30.0. The molecule has 2 spiro atoms. The van der Waals surface area contributed by atoms with E-state index in [1.54, 1.807) is 54.0 Å². The molecular formula is C78H82ClF6N5O11. The van der Waals surface area contributed by atoms with Crippen LogP contribution < -0.4 is 19.6 Å². The van der Waals surface area contributed by atoms with Crippen LogP contribution in [0.5, 0.6) is 0 Å². The van der Waals surface area contributed by atoms with Crippen LogP contribution >= 0.6 is 11.6 Å². The fourth-order valence-electron chi connectivity index (χ4n) is 15.9. The van der Waals surface area contributed by atoms with Crippen molar-refractivity contribution in [1.29, 1.82) is 0 Å². The molecule has 2 atom stereocenters. The van der Waals surface area contributed by atoms with E-state index in [4.69, 9.17) is 35.4 Å². The lowest BCUT2D eigenvalue weighted by atomic mass is 9.61. The van der Waals surface area contributed by atoms with Gasteiger partial charge in [0.2, 0.25) is 0 Å². The van der Waals surface area contributed by atoms with Crippen molar-refractivity contribution in [3.63, 3.8) is 0 Å². The maximum absolute atomic E-state index is 14.6. The van der Waals surface area contributed by atoms with Crippen molar-refractivity contribution in [3.05, 3.63) is 187 Å². The number of anilines is 4. The summed E-state index contributed by atoms with van der Waals surface area (Å²) in [4.78, 5) is 90.7. The SMILES string of the molecule is C.CC1(F)CN(c2ccc3c(c2)C(C)(C)c2cc(N4CC(F)(F)C4)ccc2C32OC(=O)c3ccc(C(=O)CCCOCCOCCCCCCCl)cc32)C1.CC1(F)CN(c2ccc3c(c2)C(C)(C)c2cc(N4CC(F)(F)C4)ccc2C32OC(=O)c3ccc(C(=O)ON4C(=O)CCC4=O)cc32)C1. The molecule has 2 unspecified atom stereocenters. The van der Waals surface area contributed by atoms with Gasteiger partial charge in [0.05, 0.1) is 82.3 Å². The van der Waals surface area contributed by atoms with Gasteiger partial charge >= 0.3 is 17.9 Å². The molecule has 0 radical (unpaired) electrons. The van der Waals surface area contributed by atoms with E-state index in [0.29, 0.717) is 88.5 Å². The van der Waals surface area contributed by atoms with E-state index in [9.17, 15) is 55.1 Å². The highest BCUT2D eigenvalue weighted by Crippen LogP contribution is 2.60. The smallest absolute Gasteiger partial charge is 0.363 e. The largest absolute Gasteiger partial charge is 0.441 e. The molecule has 7 aliphatic heterocycles. The van der Waals surface area contributed by atoms with E-state index in [-0.39, 0.29) is 82.9 Å². The summed E-state index contributed by atoms with van der Waals surface area (Å²) in [5, 5.41) is 0.460. The van der Waals surface area contributed by atoms with Crippen LogP contribution in [0.4, 0.5) is 49.1 Å². The lowest BCUT2D eigenvalue weighted by Gasteiger charge is -2.48. The molecule has 2 aliphatic carbocycles. The highest BCUT2D eigenvalue weighted by molar-refractivity contribution is 6.17.